The number of aryl methyl sites for hydroxylation is 1. The molecule has 1 N–H and O–H groups in total. The van der Waals surface area contributed by atoms with Crippen molar-refractivity contribution < 1.29 is 4.74 Å². The molecule has 2 heterocycles. The molecule has 1 aliphatic rings. The number of rotatable bonds is 4. The fourth-order valence-corrected chi connectivity index (χ4v) is 2.18. The quantitative estimate of drug-likeness (QED) is 0.920. The van der Waals surface area contributed by atoms with Crippen LogP contribution in [0.5, 0.6) is 5.75 Å². The molecule has 0 radical (unpaired) electrons. The number of benzene rings is 1. The molecule has 1 aromatic heterocycles. The number of ether oxygens (including phenoxy) is 1. The Morgan fingerprint density at radius 1 is 1.35 bits per heavy atom. The first-order valence-electron chi connectivity index (χ1n) is 6.81. The smallest absolute Gasteiger partial charge is 0.146 e. The summed E-state index contributed by atoms with van der Waals surface area (Å²) in [4.78, 5) is 8.79. The number of amidine groups is 1. The summed E-state index contributed by atoms with van der Waals surface area (Å²) in [5, 5.41) is 3.33. The minimum atomic E-state index is 0.452. The first-order valence-corrected chi connectivity index (χ1v) is 6.81. The number of aliphatic imine (C=N–C) groups is 1. The Kier molecular flexibility index (Phi) is 3.67. The molecule has 1 aliphatic heterocycles. The van der Waals surface area contributed by atoms with Crippen molar-refractivity contribution in [1.29, 1.82) is 0 Å². The lowest BCUT2D eigenvalue weighted by atomic mass is 10.1. The monoisotopic (exact) mass is 270 g/mol. The highest BCUT2D eigenvalue weighted by Crippen LogP contribution is 2.20. The summed E-state index contributed by atoms with van der Waals surface area (Å²) in [5.74, 6) is 2.66. The molecule has 5 heteroatoms. The lowest BCUT2D eigenvalue weighted by Gasteiger charge is -2.17. The molecule has 104 valence electrons. The van der Waals surface area contributed by atoms with Crippen LogP contribution in [0.25, 0.3) is 0 Å². The standard InChI is InChI=1S/C15H18N4O/c1-19-10-9-16-14(19)11-20-13-6-3-2-5-12(13)15-17-7-4-8-18-15/h2-3,5-6,9-10H,4,7-8,11H2,1H3,(H,17,18). The highest BCUT2D eigenvalue weighted by molar-refractivity contribution is 6.01. The Hall–Kier alpha value is -2.30. The first kappa shape index (κ1) is 12.7. The summed E-state index contributed by atoms with van der Waals surface area (Å²) < 4.78 is 7.87. The predicted molar refractivity (Wildman–Crippen MR) is 78.0 cm³/mol. The minimum Gasteiger partial charge on any atom is -0.485 e. The summed E-state index contributed by atoms with van der Waals surface area (Å²) in [6, 6.07) is 7.98. The van der Waals surface area contributed by atoms with Gasteiger partial charge in [0.15, 0.2) is 0 Å². The van der Waals surface area contributed by atoms with E-state index >= 15 is 0 Å². The van der Waals surface area contributed by atoms with Crippen LogP contribution >= 0.6 is 0 Å². The zero-order valence-corrected chi connectivity index (χ0v) is 11.5. The normalized spacial score (nSPS) is 14.6. The maximum atomic E-state index is 5.91. The van der Waals surface area contributed by atoms with E-state index in [9.17, 15) is 0 Å². The van der Waals surface area contributed by atoms with Crippen LogP contribution in [0.1, 0.15) is 17.8 Å². The van der Waals surface area contributed by atoms with Crippen molar-refractivity contribution >= 4 is 5.84 Å². The SMILES string of the molecule is Cn1ccnc1COc1ccccc1C1=NCCCN1. The van der Waals surface area contributed by atoms with Crippen molar-refractivity contribution in [3.8, 4) is 5.75 Å². The molecule has 0 spiro atoms. The third-order valence-electron chi connectivity index (χ3n) is 3.32. The molecule has 0 unspecified atom stereocenters. The Labute approximate surface area is 118 Å². The second-order valence-corrected chi connectivity index (χ2v) is 4.75. The Morgan fingerprint density at radius 3 is 3.00 bits per heavy atom. The topological polar surface area (TPSA) is 51.4 Å². The van der Waals surface area contributed by atoms with Gasteiger partial charge in [0.1, 0.15) is 24.0 Å². The van der Waals surface area contributed by atoms with E-state index in [0.717, 1.165) is 42.5 Å². The molecule has 20 heavy (non-hydrogen) atoms. The molecule has 0 bridgehead atoms. The second-order valence-electron chi connectivity index (χ2n) is 4.75. The Morgan fingerprint density at radius 2 is 2.25 bits per heavy atom. The van der Waals surface area contributed by atoms with Gasteiger partial charge in [-0.05, 0) is 18.6 Å². The maximum Gasteiger partial charge on any atom is 0.146 e. The molecule has 0 amide bonds. The predicted octanol–water partition coefficient (Wildman–Crippen LogP) is 1.74. The van der Waals surface area contributed by atoms with Crippen LogP contribution < -0.4 is 10.1 Å². The fourth-order valence-electron chi connectivity index (χ4n) is 2.18. The lowest BCUT2D eigenvalue weighted by Crippen LogP contribution is -2.30. The van der Waals surface area contributed by atoms with Gasteiger partial charge in [-0.15, -0.1) is 0 Å². The van der Waals surface area contributed by atoms with Crippen LogP contribution in [0, 0.1) is 0 Å². The van der Waals surface area contributed by atoms with Crippen molar-refractivity contribution in [3.05, 3.63) is 48.0 Å². The third-order valence-corrected chi connectivity index (χ3v) is 3.32. The number of imidazole rings is 1. The molecule has 1 aromatic carbocycles. The third kappa shape index (κ3) is 2.66. The maximum absolute atomic E-state index is 5.91. The number of hydrogen-bond donors (Lipinski definition) is 1. The van der Waals surface area contributed by atoms with Gasteiger partial charge in [-0.25, -0.2) is 4.98 Å². The molecule has 0 saturated heterocycles. The van der Waals surface area contributed by atoms with E-state index < -0.39 is 0 Å². The van der Waals surface area contributed by atoms with Crippen LogP contribution in [-0.2, 0) is 13.7 Å². The van der Waals surface area contributed by atoms with Gasteiger partial charge in [-0.1, -0.05) is 12.1 Å². The number of nitrogens with zero attached hydrogens (tertiary/aromatic N) is 3. The average Bonchev–Trinajstić information content (AvgIpc) is 2.92. The highest BCUT2D eigenvalue weighted by Gasteiger charge is 2.12. The van der Waals surface area contributed by atoms with Gasteiger partial charge >= 0.3 is 0 Å². The van der Waals surface area contributed by atoms with E-state index in [1.165, 1.54) is 0 Å². The molecule has 3 rings (SSSR count). The lowest BCUT2D eigenvalue weighted by molar-refractivity contribution is 0.291. The van der Waals surface area contributed by atoms with E-state index in [0.29, 0.717) is 6.61 Å². The first-order chi connectivity index (χ1) is 9.84. The van der Waals surface area contributed by atoms with Crippen LogP contribution in [0.2, 0.25) is 0 Å². The summed E-state index contributed by atoms with van der Waals surface area (Å²) in [6.45, 7) is 2.29. The number of para-hydroxylation sites is 1. The van der Waals surface area contributed by atoms with Gasteiger partial charge in [0.05, 0.1) is 5.56 Å². The molecular weight excluding hydrogens is 252 g/mol. The highest BCUT2D eigenvalue weighted by atomic mass is 16.5. The Bertz CT molecular complexity index is 618. The molecule has 0 atom stereocenters. The average molecular weight is 270 g/mol. The zero-order chi connectivity index (χ0) is 13.8. The van der Waals surface area contributed by atoms with E-state index in [2.05, 4.69) is 15.3 Å². The van der Waals surface area contributed by atoms with E-state index in [-0.39, 0.29) is 0 Å². The zero-order valence-electron chi connectivity index (χ0n) is 11.5. The summed E-state index contributed by atoms with van der Waals surface area (Å²) in [7, 11) is 1.96. The van der Waals surface area contributed by atoms with Crippen molar-refractivity contribution in [3.63, 3.8) is 0 Å². The molecular formula is C15H18N4O. The van der Waals surface area contributed by atoms with Crippen LogP contribution in [0.15, 0.2) is 41.7 Å². The molecule has 0 saturated carbocycles. The van der Waals surface area contributed by atoms with Gasteiger partial charge in [0.25, 0.3) is 0 Å². The molecule has 5 nitrogen and oxygen atoms in total. The van der Waals surface area contributed by atoms with Crippen molar-refractivity contribution in [2.75, 3.05) is 13.1 Å². The van der Waals surface area contributed by atoms with Gasteiger partial charge in [-0.2, -0.15) is 0 Å². The number of aromatic nitrogens is 2. The van der Waals surface area contributed by atoms with E-state index in [1.807, 2.05) is 42.1 Å². The van der Waals surface area contributed by atoms with Gasteiger partial charge < -0.3 is 14.6 Å². The summed E-state index contributed by atoms with van der Waals surface area (Å²) in [5.41, 5.74) is 1.02. The fraction of sp³-hybridized carbons (Fsp3) is 0.333. The van der Waals surface area contributed by atoms with E-state index in [4.69, 9.17) is 4.74 Å². The van der Waals surface area contributed by atoms with Gasteiger partial charge in [0.2, 0.25) is 0 Å². The molecule has 0 fully saturated rings. The van der Waals surface area contributed by atoms with E-state index in [1.54, 1.807) is 6.20 Å². The van der Waals surface area contributed by atoms with Gasteiger partial charge in [-0.3, -0.25) is 4.99 Å². The second kappa shape index (κ2) is 5.77. The summed E-state index contributed by atoms with van der Waals surface area (Å²) >= 11 is 0. The van der Waals surface area contributed by atoms with Crippen LogP contribution in [0.3, 0.4) is 0 Å². The minimum absolute atomic E-state index is 0.452. The van der Waals surface area contributed by atoms with Gasteiger partial charge in [0, 0.05) is 32.5 Å². The van der Waals surface area contributed by atoms with Crippen LogP contribution in [-0.4, -0.2) is 28.5 Å². The number of nitrogens with one attached hydrogen (secondary N) is 1. The summed E-state index contributed by atoms with van der Waals surface area (Å²) in [6.07, 6.45) is 4.77. The largest absolute Gasteiger partial charge is 0.485 e. The molecule has 0 aliphatic carbocycles. The van der Waals surface area contributed by atoms with Crippen molar-refractivity contribution in [2.45, 2.75) is 13.0 Å². The molecule has 2 aromatic rings. The number of hydrogen-bond acceptors (Lipinski definition) is 4. The van der Waals surface area contributed by atoms with Crippen LogP contribution in [0.4, 0.5) is 0 Å². The van der Waals surface area contributed by atoms with Crippen molar-refractivity contribution in [1.82, 2.24) is 14.9 Å². The Balaban J connectivity index is 1.79. The van der Waals surface area contributed by atoms with Crippen molar-refractivity contribution in [2.24, 2.45) is 12.0 Å².